The van der Waals surface area contributed by atoms with Gasteiger partial charge in [0.1, 0.15) is 11.4 Å². The van der Waals surface area contributed by atoms with E-state index in [1.807, 2.05) is 36.2 Å². The molecule has 0 radical (unpaired) electrons. The largest absolute Gasteiger partial charge is 0.496 e. The molecule has 6 nitrogen and oxygen atoms in total. The number of methoxy groups -OCH3 is 1. The summed E-state index contributed by atoms with van der Waals surface area (Å²) < 4.78 is 7.10. The maximum atomic E-state index is 12.8. The van der Waals surface area contributed by atoms with Crippen molar-refractivity contribution in [1.29, 1.82) is 0 Å². The van der Waals surface area contributed by atoms with Gasteiger partial charge in [-0.2, -0.15) is 5.10 Å². The summed E-state index contributed by atoms with van der Waals surface area (Å²) in [5.74, 6) is 0.757. The van der Waals surface area contributed by atoms with Crippen LogP contribution in [0.2, 0.25) is 0 Å². The van der Waals surface area contributed by atoms with E-state index in [0.717, 1.165) is 17.9 Å². The van der Waals surface area contributed by atoms with E-state index in [2.05, 4.69) is 10.4 Å². The first-order chi connectivity index (χ1) is 10.7. The zero-order valence-electron chi connectivity index (χ0n) is 12.8. The van der Waals surface area contributed by atoms with Gasteiger partial charge in [-0.25, -0.2) is 0 Å². The van der Waals surface area contributed by atoms with Crippen LogP contribution in [-0.4, -0.2) is 47.3 Å². The molecule has 0 saturated carbocycles. The van der Waals surface area contributed by atoms with Crippen molar-refractivity contribution in [2.24, 2.45) is 7.05 Å². The number of nitrogens with one attached hydrogen (secondary N) is 1. The van der Waals surface area contributed by atoms with E-state index < -0.39 is 0 Å². The number of amides is 1. The van der Waals surface area contributed by atoms with Crippen molar-refractivity contribution in [3.8, 4) is 5.75 Å². The van der Waals surface area contributed by atoms with Crippen LogP contribution in [-0.2, 0) is 7.05 Å². The first-order valence-corrected chi connectivity index (χ1v) is 7.35. The van der Waals surface area contributed by atoms with E-state index >= 15 is 0 Å². The summed E-state index contributed by atoms with van der Waals surface area (Å²) in [4.78, 5) is 14.6. The van der Waals surface area contributed by atoms with Crippen molar-refractivity contribution in [2.75, 3.05) is 26.7 Å². The highest BCUT2D eigenvalue weighted by molar-refractivity contribution is 5.92. The number of hydrogen-bond acceptors (Lipinski definition) is 4. The third-order valence-corrected chi connectivity index (χ3v) is 3.93. The zero-order valence-corrected chi connectivity index (χ0v) is 12.8. The average Bonchev–Trinajstić information content (AvgIpc) is 3.00. The Labute approximate surface area is 129 Å². The van der Waals surface area contributed by atoms with E-state index in [-0.39, 0.29) is 11.9 Å². The SMILES string of the molecule is COc1ccccc1[C@@H]1CNCCN1C(=O)c1ccn(C)n1. The molecule has 1 aliphatic heterocycles. The molecular formula is C16H20N4O2. The molecule has 1 aromatic carbocycles. The molecule has 1 atom stereocenters. The Morgan fingerprint density at radius 2 is 2.18 bits per heavy atom. The van der Waals surface area contributed by atoms with Gasteiger partial charge in [0.15, 0.2) is 0 Å². The van der Waals surface area contributed by atoms with Gasteiger partial charge in [-0.15, -0.1) is 0 Å². The van der Waals surface area contributed by atoms with Crippen LogP contribution in [0, 0.1) is 0 Å². The lowest BCUT2D eigenvalue weighted by molar-refractivity contribution is 0.0624. The molecule has 22 heavy (non-hydrogen) atoms. The van der Waals surface area contributed by atoms with Gasteiger partial charge in [0.25, 0.3) is 5.91 Å². The van der Waals surface area contributed by atoms with Crippen molar-refractivity contribution in [3.05, 3.63) is 47.8 Å². The first kappa shape index (κ1) is 14.6. The van der Waals surface area contributed by atoms with Crippen molar-refractivity contribution in [1.82, 2.24) is 20.0 Å². The number of para-hydroxylation sites is 1. The first-order valence-electron chi connectivity index (χ1n) is 7.35. The Morgan fingerprint density at radius 1 is 1.36 bits per heavy atom. The van der Waals surface area contributed by atoms with Crippen LogP contribution < -0.4 is 10.1 Å². The zero-order chi connectivity index (χ0) is 15.5. The molecule has 1 fully saturated rings. The van der Waals surface area contributed by atoms with Crippen LogP contribution >= 0.6 is 0 Å². The Morgan fingerprint density at radius 3 is 2.91 bits per heavy atom. The molecule has 0 bridgehead atoms. The van der Waals surface area contributed by atoms with Crippen LogP contribution in [0.5, 0.6) is 5.75 Å². The molecule has 3 rings (SSSR count). The van der Waals surface area contributed by atoms with Gasteiger partial charge in [-0.1, -0.05) is 18.2 Å². The molecule has 2 heterocycles. The number of hydrogen-bond donors (Lipinski definition) is 1. The fourth-order valence-electron chi connectivity index (χ4n) is 2.84. The molecule has 1 aromatic heterocycles. The van der Waals surface area contributed by atoms with E-state index in [1.54, 1.807) is 24.1 Å². The standard InChI is InChI=1S/C16H20N4O2/c1-19-9-7-13(18-19)16(21)20-10-8-17-11-14(20)12-5-3-4-6-15(12)22-2/h3-7,9,14,17H,8,10-11H2,1-2H3/t14-/m0/s1. The molecule has 2 aromatic rings. The van der Waals surface area contributed by atoms with Crippen molar-refractivity contribution >= 4 is 5.91 Å². The van der Waals surface area contributed by atoms with Crippen molar-refractivity contribution in [2.45, 2.75) is 6.04 Å². The number of carbonyl (C=O) groups excluding carboxylic acids is 1. The van der Waals surface area contributed by atoms with Crippen LogP contribution in [0.15, 0.2) is 36.5 Å². The number of benzene rings is 1. The van der Waals surface area contributed by atoms with Crippen molar-refractivity contribution in [3.63, 3.8) is 0 Å². The second-order valence-corrected chi connectivity index (χ2v) is 5.34. The van der Waals surface area contributed by atoms with Crippen molar-refractivity contribution < 1.29 is 9.53 Å². The van der Waals surface area contributed by atoms with Crippen LogP contribution in [0.3, 0.4) is 0 Å². The fraction of sp³-hybridized carbons (Fsp3) is 0.375. The second kappa shape index (κ2) is 6.19. The van der Waals surface area contributed by atoms with E-state index in [4.69, 9.17) is 4.74 Å². The Hall–Kier alpha value is -2.34. The summed E-state index contributed by atoms with van der Waals surface area (Å²) in [6, 6.07) is 9.53. The average molecular weight is 300 g/mol. The Balaban J connectivity index is 1.93. The van der Waals surface area contributed by atoms with Crippen LogP contribution in [0.25, 0.3) is 0 Å². The van der Waals surface area contributed by atoms with Gasteiger partial charge in [0.2, 0.25) is 0 Å². The monoisotopic (exact) mass is 300 g/mol. The minimum Gasteiger partial charge on any atom is -0.496 e. The van der Waals surface area contributed by atoms with Gasteiger partial charge in [-0.05, 0) is 12.1 Å². The Kier molecular flexibility index (Phi) is 4.11. The highest BCUT2D eigenvalue weighted by Crippen LogP contribution is 2.30. The number of piperazine rings is 1. The molecular weight excluding hydrogens is 280 g/mol. The normalized spacial score (nSPS) is 18.3. The summed E-state index contributed by atoms with van der Waals surface area (Å²) in [5, 5.41) is 7.58. The molecule has 116 valence electrons. The number of nitrogens with zero attached hydrogens (tertiary/aromatic N) is 3. The summed E-state index contributed by atoms with van der Waals surface area (Å²) in [6.45, 7) is 2.14. The maximum Gasteiger partial charge on any atom is 0.274 e. The van der Waals surface area contributed by atoms with Gasteiger partial charge >= 0.3 is 0 Å². The van der Waals surface area contributed by atoms with Gasteiger partial charge < -0.3 is 15.0 Å². The topological polar surface area (TPSA) is 59.4 Å². The minimum absolute atomic E-state index is 0.0435. The number of carbonyl (C=O) groups is 1. The lowest BCUT2D eigenvalue weighted by Crippen LogP contribution is -2.48. The minimum atomic E-state index is -0.0561. The van der Waals surface area contributed by atoms with E-state index in [9.17, 15) is 4.79 Å². The smallest absolute Gasteiger partial charge is 0.274 e. The summed E-state index contributed by atoms with van der Waals surface area (Å²) >= 11 is 0. The number of rotatable bonds is 3. The molecule has 0 unspecified atom stereocenters. The molecule has 6 heteroatoms. The predicted octanol–water partition coefficient (Wildman–Crippen LogP) is 1.22. The molecule has 1 saturated heterocycles. The third-order valence-electron chi connectivity index (χ3n) is 3.93. The molecule has 0 spiro atoms. The molecule has 0 aliphatic carbocycles. The third kappa shape index (κ3) is 2.69. The van der Waals surface area contributed by atoms with Gasteiger partial charge in [0, 0.05) is 38.4 Å². The molecule has 1 aliphatic rings. The van der Waals surface area contributed by atoms with Crippen LogP contribution in [0.4, 0.5) is 0 Å². The number of aryl methyl sites for hydroxylation is 1. The highest BCUT2D eigenvalue weighted by atomic mass is 16.5. The fourth-order valence-corrected chi connectivity index (χ4v) is 2.84. The number of ether oxygens (including phenoxy) is 1. The Bertz CT molecular complexity index is 668. The lowest BCUT2D eigenvalue weighted by Gasteiger charge is -2.36. The quantitative estimate of drug-likeness (QED) is 0.926. The number of aromatic nitrogens is 2. The highest BCUT2D eigenvalue weighted by Gasteiger charge is 2.31. The second-order valence-electron chi connectivity index (χ2n) is 5.34. The van der Waals surface area contributed by atoms with E-state index in [1.165, 1.54) is 0 Å². The van der Waals surface area contributed by atoms with E-state index in [0.29, 0.717) is 18.8 Å². The van der Waals surface area contributed by atoms with Gasteiger partial charge in [-0.3, -0.25) is 9.48 Å². The lowest BCUT2D eigenvalue weighted by atomic mass is 10.0. The summed E-state index contributed by atoms with van der Waals surface area (Å²) in [5.41, 5.74) is 1.49. The maximum absolute atomic E-state index is 12.8. The van der Waals surface area contributed by atoms with Gasteiger partial charge in [0.05, 0.1) is 13.2 Å². The molecule has 1 amide bonds. The summed E-state index contributed by atoms with van der Waals surface area (Å²) in [6.07, 6.45) is 1.79. The molecule has 1 N–H and O–H groups in total. The summed E-state index contributed by atoms with van der Waals surface area (Å²) in [7, 11) is 3.46. The van der Waals surface area contributed by atoms with Crippen LogP contribution in [0.1, 0.15) is 22.1 Å². The predicted molar refractivity (Wildman–Crippen MR) is 82.8 cm³/mol.